The zero-order valence-corrected chi connectivity index (χ0v) is 21.0. The van der Waals surface area contributed by atoms with Crippen LogP contribution in [0.1, 0.15) is 25.3 Å². The van der Waals surface area contributed by atoms with Gasteiger partial charge in [-0.25, -0.2) is 17.5 Å². The lowest BCUT2D eigenvalue weighted by molar-refractivity contribution is 0.135. The Bertz CT molecular complexity index is 1080. The van der Waals surface area contributed by atoms with Crippen molar-refractivity contribution in [3.63, 3.8) is 0 Å². The number of hydrogen-bond acceptors (Lipinski definition) is 4. The summed E-state index contributed by atoms with van der Waals surface area (Å²) in [4.78, 5) is 16.2. The van der Waals surface area contributed by atoms with E-state index in [1.165, 1.54) is 4.31 Å². The predicted molar refractivity (Wildman–Crippen MR) is 134 cm³/mol. The zero-order valence-electron chi connectivity index (χ0n) is 20.1. The number of piperidine rings is 1. The molecule has 7 nitrogen and oxygen atoms in total. The summed E-state index contributed by atoms with van der Waals surface area (Å²) in [6.07, 6.45) is 1.90. The van der Waals surface area contributed by atoms with Crippen LogP contribution in [0.3, 0.4) is 0 Å². The highest BCUT2D eigenvalue weighted by Gasteiger charge is 2.39. The molecule has 2 amide bonds. The summed E-state index contributed by atoms with van der Waals surface area (Å²) in [6.45, 7) is 6.90. The molecule has 0 spiro atoms. The van der Waals surface area contributed by atoms with Gasteiger partial charge >= 0.3 is 6.03 Å². The second-order valence-corrected chi connectivity index (χ2v) is 12.1. The molecule has 3 atom stereocenters. The number of hydrogen-bond donors (Lipinski definition) is 1. The highest BCUT2D eigenvalue weighted by atomic mass is 32.2. The molecule has 2 heterocycles. The summed E-state index contributed by atoms with van der Waals surface area (Å²) in [6, 6.07) is 18.5. The van der Waals surface area contributed by atoms with Gasteiger partial charge in [0.15, 0.2) is 0 Å². The third-order valence-corrected chi connectivity index (χ3v) is 9.49. The van der Waals surface area contributed by atoms with Crippen molar-refractivity contribution in [1.82, 2.24) is 14.1 Å². The van der Waals surface area contributed by atoms with Crippen molar-refractivity contribution in [3.05, 3.63) is 66.2 Å². The fraction of sp³-hybridized carbons (Fsp3) is 0.500. The fourth-order valence-corrected chi connectivity index (χ4v) is 6.85. The molecule has 2 fully saturated rings. The minimum absolute atomic E-state index is 0.315. The highest BCUT2D eigenvalue weighted by Crippen LogP contribution is 2.34. The normalized spacial score (nSPS) is 23.0. The number of carbonyl (C=O) groups is 1. The van der Waals surface area contributed by atoms with Gasteiger partial charge in [-0.15, -0.1) is 0 Å². The number of carbonyl (C=O) groups excluding carboxylic acids is 1. The molecule has 2 saturated heterocycles. The Morgan fingerprint density at radius 2 is 1.65 bits per heavy atom. The molecule has 0 aliphatic carbocycles. The van der Waals surface area contributed by atoms with E-state index in [9.17, 15) is 13.2 Å². The Balaban J connectivity index is 1.47. The molecule has 2 aromatic carbocycles. The van der Waals surface area contributed by atoms with E-state index in [4.69, 9.17) is 5.73 Å². The average molecular weight is 485 g/mol. The molecule has 8 heteroatoms. The minimum atomic E-state index is -3.58. The van der Waals surface area contributed by atoms with Gasteiger partial charge in [-0.2, -0.15) is 0 Å². The van der Waals surface area contributed by atoms with Crippen molar-refractivity contribution >= 4 is 16.1 Å². The lowest BCUT2D eigenvalue weighted by Crippen LogP contribution is -2.45. The molecule has 0 saturated carbocycles. The van der Waals surface area contributed by atoms with Crippen molar-refractivity contribution in [1.29, 1.82) is 0 Å². The molecular formula is C26H36N4O3S. The molecular weight excluding hydrogens is 448 g/mol. The molecule has 34 heavy (non-hydrogen) atoms. The number of urea groups is 1. The Hall–Kier alpha value is -2.42. The quantitative estimate of drug-likeness (QED) is 0.624. The van der Waals surface area contributed by atoms with Crippen LogP contribution in [0, 0.1) is 11.8 Å². The van der Waals surface area contributed by atoms with E-state index in [1.807, 2.05) is 24.3 Å². The lowest BCUT2D eigenvalue weighted by atomic mass is 9.78. The van der Waals surface area contributed by atoms with Crippen molar-refractivity contribution in [2.24, 2.45) is 17.6 Å². The number of likely N-dealkylation sites (N-methyl/N-ethyl adjacent to an activating group) is 1. The molecule has 0 aromatic heterocycles. The first-order chi connectivity index (χ1) is 16.2. The topological polar surface area (TPSA) is 86.9 Å². The number of nitrogens with two attached hydrogens (primary N) is 1. The van der Waals surface area contributed by atoms with Gasteiger partial charge in [0, 0.05) is 38.6 Å². The van der Waals surface area contributed by atoms with Gasteiger partial charge < -0.3 is 15.5 Å². The summed E-state index contributed by atoms with van der Waals surface area (Å²) < 4.78 is 28.0. The Morgan fingerprint density at radius 3 is 2.29 bits per heavy atom. The predicted octanol–water partition coefficient (Wildman–Crippen LogP) is 2.99. The van der Waals surface area contributed by atoms with Crippen LogP contribution >= 0.6 is 0 Å². The van der Waals surface area contributed by atoms with E-state index in [0.29, 0.717) is 23.3 Å². The zero-order chi connectivity index (χ0) is 24.3. The Labute approximate surface area is 203 Å². The van der Waals surface area contributed by atoms with Gasteiger partial charge in [-0.3, -0.25) is 0 Å². The largest absolute Gasteiger partial charge is 0.351 e. The minimum Gasteiger partial charge on any atom is -0.351 e. The summed E-state index contributed by atoms with van der Waals surface area (Å²) in [5.41, 5.74) is 6.31. The SMILES string of the molecule is CN(CC(C)(CCN1CCC2CN(C(N)=O)CC2C1)c1ccccc1)S(=O)(=O)c1ccccc1. The standard InChI is InChI=1S/C26H36N4O3S/c1-26(23-9-5-3-6-10-23,20-28(2)34(32,33)24-11-7-4-8-12-24)14-16-29-15-13-21-18-30(25(27)31)19-22(21)17-29/h3-12,21-22H,13-20H2,1-2H3,(H2,27,31). The first-order valence-corrected chi connectivity index (χ1v) is 13.5. The molecule has 2 N–H and O–H groups in total. The number of sulfonamides is 1. The maximum absolute atomic E-state index is 13.2. The van der Waals surface area contributed by atoms with Gasteiger partial charge in [-0.1, -0.05) is 55.5 Å². The molecule has 2 aliphatic heterocycles. The first-order valence-electron chi connectivity index (χ1n) is 12.0. The monoisotopic (exact) mass is 484 g/mol. The summed E-state index contributed by atoms with van der Waals surface area (Å²) in [5.74, 6) is 0.997. The maximum Gasteiger partial charge on any atom is 0.314 e. The van der Waals surface area contributed by atoms with Crippen molar-refractivity contribution < 1.29 is 13.2 Å². The summed E-state index contributed by atoms with van der Waals surface area (Å²) in [7, 11) is -1.91. The second-order valence-electron chi connectivity index (χ2n) is 10.1. The van der Waals surface area contributed by atoms with Gasteiger partial charge in [0.2, 0.25) is 10.0 Å². The number of amides is 2. The highest BCUT2D eigenvalue weighted by molar-refractivity contribution is 7.89. The van der Waals surface area contributed by atoms with Crippen LogP contribution in [0.4, 0.5) is 4.79 Å². The van der Waals surface area contributed by atoms with Crippen LogP contribution in [0.25, 0.3) is 0 Å². The van der Waals surface area contributed by atoms with E-state index < -0.39 is 10.0 Å². The van der Waals surface area contributed by atoms with Crippen molar-refractivity contribution in [2.45, 2.75) is 30.1 Å². The maximum atomic E-state index is 13.2. The smallest absolute Gasteiger partial charge is 0.314 e. The molecule has 3 unspecified atom stereocenters. The van der Waals surface area contributed by atoms with E-state index in [1.54, 1.807) is 36.2 Å². The number of likely N-dealkylation sites (tertiary alicyclic amines) is 2. The average Bonchev–Trinajstić information content (AvgIpc) is 3.28. The van der Waals surface area contributed by atoms with Gasteiger partial charge in [-0.05, 0) is 55.5 Å². The molecule has 2 aromatic rings. The van der Waals surface area contributed by atoms with Gasteiger partial charge in [0.1, 0.15) is 0 Å². The molecule has 2 aliphatic rings. The molecule has 0 radical (unpaired) electrons. The summed E-state index contributed by atoms with van der Waals surface area (Å²) >= 11 is 0. The van der Waals surface area contributed by atoms with Gasteiger partial charge in [0.05, 0.1) is 4.90 Å². The lowest BCUT2D eigenvalue weighted by Gasteiger charge is -2.39. The van der Waals surface area contributed by atoms with Crippen LogP contribution in [-0.4, -0.2) is 74.9 Å². The van der Waals surface area contributed by atoms with Crippen LogP contribution in [0.2, 0.25) is 0 Å². The van der Waals surface area contributed by atoms with Crippen LogP contribution < -0.4 is 5.73 Å². The van der Waals surface area contributed by atoms with Crippen molar-refractivity contribution in [2.75, 3.05) is 46.3 Å². The van der Waals surface area contributed by atoms with Crippen LogP contribution in [0.5, 0.6) is 0 Å². The van der Waals surface area contributed by atoms with Crippen LogP contribution in [-0.2, 0) is 15.4 Å². The number of nitrogens with zero attached hydrogens (tertiary/aromatic N) is 3. The fourth-order valence-electron chi connectivity index (χ4n) is 5.54. The van der Waals surface area contributed by atoms with E-state index in [2.05, 4.69) is 24.0 Å². The third-order valence-electron chi connectivity index (χ3n) is 7.67. The third kappa shape index (κ3) is 5.29. The molecule has 4 rings (SSSR count). The van der Waals surface area contributed by atoms with E-state index in [-0.39, 0.29) is 11.4 Å². The Kier molecular flexibility index (Phi) is 7.31. The summed E-state index contributed by atoms with van der Waals surface area (Å²) in [5, 5.41) is 0. The van der Waals surface area contributed by atoms with E-state index >= 15 is 0 Å². The van der Waals surface area contributed by atoms with E-state index in [0.717, 1.165) is 51.1 Å². The Morgan fingerprint density at radius 1 is 1.03 bits per heavy atom. The van der Waals surface area contributed by atoms with Crippen molar-refractivity contribution in [3.8, 4) is 0 Å². The number of benzene rings is 2. The number of rotatable bonds is 8. The van der Waals surface area contributed by atoms with Crippen LogP contribution in [0.15, 0.2) is 65.6 Å². The number of primary amides is 1. The second kappa shape index (κ2) is 10.1. The first kappa shape index (κ1) is 24.7. The molecule has 184 valence electrons. The molecule has 0 bridgehead atoms. The number of fused-ring (bicyclic) bond motifs is 1. The van der Waals surface area contributed by atoms with Gasteiger partial charge in [0.25, 0.3) is 0 Å².